The van der Waals surface area contributed by atoms with Gasteiger partial charge in [-0.25, -0.2) is 9.59 Å². The van der Waals surface area contributed by atoms with Crippen LogP contribution in [0, 0.1) is 5.41 Å². The van der Waals surface area contributed by atoms with E-state index in [0.29, 0.717) is 13.1 Å². The number of hydrogen-bond acceptors (Lipinski definition) is 4. The van der Waals surface area contributed by atoms with Crippen LogP contribution in [0.2, 0.25) is 0 Å². The lowest BCUT2D eigenvalue weighted by molar-refractivity contribution is -0.145. The lowest BCUT2D eigenvalue weighted by Crippen LogP contribution is -2.36. The van der Waals surface area contributed by atoms with Crippen LogP contribution in [0.15, 0.2) is 0 Å². The Morgan fingerprint density at radius 1 is 1.37 bits per heavy atom. The van der Waals surface area contributed by atoms with Gasteiger partial charge in [0.15, 0.2) is 0 Å². The second-order valence-electron chi connectivity index (χ2n) is 6.42. The molecule has 2 aliphatic rings. The van der Waals surface area contributed by atoms with Crippen molar-refractivity contribution < 1.29 is 24.2 Å². The molecular formula is C13H21NO5. The van der Waals surface area contributed by atoms with E-state index in [4.69, 9.17) is 14.6 Å². The summed E-state index contributed by atoms with van der Waals surface area (Å²) in [4.78, 5) is 24.2. The molecule has 1 atom stereocenters. The maximum absolute atomic E-state index is 12.0. The van der Waals surface area contributed by atoms with Gasteiger partial charge in [0.05, 0.1) is 12.6 Å². The van der Waals surface area contributed by atoms with E-state index in [0.717, 1.165) is 12.8 Å². The van der Waals surface area contributed by atoms with E-state index in [1.54, 1.807) is 4.90 Å². The summed E-state index contributed by atoms with van der Waals surface area (Å²) in [6.07, 6.45) is 1.43. The Bertz CT molecular complexity index is 383. The number of carbonyl (C=O) groups is 2. The van der Waals surface area contributed by atoms with Crippen molar-refractivity contribution in [1.82, 2.24) is 4.90 Å². The first-order valence-corrected chi connectivity index (χ1v) is 6.53. The Kier molecular flexibility index (Phi) is 3.47. The third-order valence-corrected chi connectivity index (χ3v) is 3.53. The molecular weight excluding hydrogens is 250 g/mol. The Morgan fingerprint density at radius 2 is 2.00 bits per heavy atom. The van der Waals surface area contributed by atoms with Gasteiger partial charge in [-0.3, -0.25) is 0 Å². The Hall–Kier alpha value is -1.30. The van der Waals surface area contributed by atoms with Crippen molar-refractivity contribution in [3.63, 3.8) is 0 Å². The summed E-state index contributed by atoms with van der Waals surface area (Å²) in [6.45, 7) is 6.19. The van der Waals surface area contributed by atoms with E-state index >= 15 is 0 Å². The monoisotopic (exact) mass is 271 g/mol. The average molecular weight is 271 g/mol. The lowest BCUT2D eigenvalue weighted by Gasteiger charge is -2.24. The molecule has 1 unspecified atom stereocenters. The molecule has 0 bridgehead atoms. The van der Waals surface area contributed by atoms with Gasteiger partial charge in [-0.15, -0.1) is 0 Å². The number of carboxylic acids is 1. The molecule has 0 aromatic carbocycles. The molecule has 0 aromatic rings. The van der Waals surface area contributed by atoms with Gasteiger partial charge in [-0.1, -0.05) is 0 Å². The molecule has 6 heteroatoms. The number of carboxylic acid groups (broad SMARTS) is 1. The van der Waals surface area contributed by atoms with E-state index in [9.17, 15) is 9.59 Å². The van der Waals surface area contributed by atoms with Crippen LogP contribution >= 0.6 is 0 Å². The minimum atomic E-state index is -0.980. The predicted molar refractivity (Wildman–Crippen MR) is 66.8 cm³/mol. The highest BCUT2D eigenvalue weighted by Crippen LogP contribution is 2.54. The van der Waals surface area contributed by atoms with Crippen molar-refractivity contribution in [2.24, 2.45) is 5.41 Å². The van der Waals surface area contributed by atoms with Gasteiger partial charge < -0.3 is 19.5 Å². The molecule has 1 saturated carbocycles. The number of ether oxygens (including phenoxy) is 2. The van der Waals surface area contributed by atoms with Crippen LogP contribution in [0.1, 0.15) is 33.6 Å². The fourth-order valence-corrected chi connectivity index (χ4v) is 2.45. The zero-order valence-electron chi connectivity index (χ0n) is 11.6. The summed E-state index contributed by atoms with van der Waals surface area (Å²) >= 11 is 0. The van der Waals surface area contributed by atoms with Gasteiger partial charge >= 0.3 is 12.1 Å². The van der Waals surface area contributed by atoms with Crippen molar-refractivity contribution in [3.05, 3.63) is 0 Å². The maximum Gasteiger partial charge on any atom is 0.410 e. The zero-order valence-corrected chi connectivity index (χ0v) is 11.6. The molecule has 2 fully saturated rings. The van der Waals surface area contributed by atoms with Crippen molar-refractivity contribution in [2.45, 2.75) is 45.3 Å². The summed E-state index contributed by atoms with van der Waals surface area (Å²) in [5.41, 5.74) is -0.555. The zero-order chi connectivity index (χ0) is 14.3. The molecule has 1 spiro atoms. The number of rotatable bonds is 3. The van der Waals surface area contributed by atoms with Crippen LogP contribution in [-0.4, -0.2) is 53.5 Å². The fraction of sp³-hybridized carbons (Fsp3) is 0.846. The van der Waals surface area contributed by atoms with Crippen molar-refractivity contribution >= 4 is 12.1 Å². The summed E-state index contributed by atoms with van der Waals surface area (Å²) < 4.78 is 10.7. The largest absolute Gasteiger partial charge is 0.480 e. The molecule has 1 amide bonds. The first-order valence-electron chi connectivity index (χ1n) is 6.53. The average Bonchev–Trinajstić information content (AvgIpc) is 2.88. The summed E-state index contributed by atoms with van der Waals surface area (Å²) in [5.74, 6) is -0.980. The second-order valence-corrected chi connectivity index (χ2v) is 6.42. The quantitative estimate of drug-likeness (QED) is 0.841. The van der Waals surface area contributed by atoms with Crippen LogP contribution < -0.4 is 0 Å². The molecule has 1 heterocycles. The van der Waals surface area contributed by atoms with Gasteiger partial charge in [0.2, 0.25) is 0 Å². The Balaban J connectivity index is 1.92. The van der Waals surface area contributed by atoms with Crippen LogP contribution in [0.25, 0.3) is 0 Å². The smallest absolute Gasteiger partial charge is 0.410 e. The normalized spacial score (nSPS) is 24.6. The van der Waals surface area contributed by atoms with E-state index in [1.165, 1.54) is 0 Å². The molecule has 1 aliphatic heterocycles. The standard InChI is InChI=1S/C13H21NO5/c1-12(2,3)19-11(17)14-6-9(18-7-10(15)16)13(8-14)4-5-13/h9H,4-8H2,1-3H3,(H,15,16). The Labute approximate surface area is 112 Å². The highest BCUT2D eigenvalue weighted by atomic mass is 16.6. The minimum Gasteiger partial charge on any atom is -0.480 e. The van der Waals surface area contributed by atoms with Crippen LogP contribution in [0.3, 0.4) is 0 Å². The van der Waals surface area contributed by atoms with Crippen LogP contribution in [-0.2, 0) is 14.3 Å². The number of nitrogens with zero attached hydrogens (tertiary/aromatic N) is 1. The summed E-state index contributed by atoms with van der Waals surface area (Å²) in [5, 5.41) is 8.66. The van der Waals surface area contributed by atoms with Gasteiger partial charge in [0.25, 0.3) is 0 Å². The number of amides is 1. The summed E-state index contributed by atoms with van der Waals surface area (Å²) in [6, 6.07) is 0. The van der Waals surface area contributed by atoms with Gasteiger partial charge in [-0.2, -0.15) is 0 Å². The topological polar surface area (TPSA) is 76.1 Å². The molecule has 1 N–H and O–H groups in total. The molecule has 108 valence electrons. The SMILES string of the molecule is CC(C)(C)OC(=O)N1CC(OCC(=O)O)C2(CC2)C1. The number of aliphatic carboxylic acids is 1. The van der Waals surface area contributed by atoms with E-state index in [-0.39, 0.29) is 24.2 Å². The van der Waals surface area contributed by atoms with E-state index in [2.05, 4.69) is 0 Å². The van der Waals surface area contributed by atoms with Crippen LogP contribution in [0.5, 0.6) is 0 Å². The minimum absolute atomic E-state index is 0.0354. The van der Waals surface area contributed by atoms with E-state index in [1.807, 2.05) is 20.8 Å². The fourth-order valence-electron chi connectivity index (χ4n) is 2.45. The molecule has 19 heavy (non-hydrogen) atoms. The molecule has 0 radical (unpaired) electrons. The molecule has 1 aliphatic carbocycles. The third kappa shape index (κ3) is 3.37. The van der Waals surface area contributed by atoms with Crippen molar-refractivity contribution in [2.75, 3.05) is 19.7 Å². The van der Waals surface area contributed by atoms with Crippen LogP contribution in [0.4, 0.5) is 4.79 Å². The van der Waals surface area contributed by atoms with Gasteiger partial charge in [0.1, 0.15) is 12.2 Å². The first-order chi connectivity index (χ1) is 8.72. The van der Waals surface area contributed by atoms with Gasteiger partial charge in [0, 0.05) is 12.0 Å². The highest BCUT2D eigenvalue weighted by Gasteiger charge is 2.57. The maximum atomic E-state index is 12.0. The molecule has 6 nitrogen and oxygen atoms in total. The first kappa shape index (κ1) is 14.1. The second kappa shape index (κ2) is 4.67. The third-order valence-electron chi connectivity index (χ3n) is 3.53. The molecule has 0 aromatic heterocycles. The van der Waals surface area contributed by atoms with Gasteiger partial charge in [-0.05, 0) is 33.6 Å². The van der Waals surface area contributed by atoms with E-state index < -0.39 is 11.6 Å². The predicted octanol–water partition coefficient (Wildman–Crippen LogP) is 1.49. The Morgan fingerprint density at radius 3 is 2.47 bits per heavy atom. The summed E-state index contributed by atoms with van der Waals surface area (Å²) in [7, 11) is 0. The number of likely N-dealkylation sites (tertiary alicyclic amines) is 1. The lowest BCUT2D eigenvalue weighted by atomic mass is 10.0. The molecule has 1 saturated heterocycles. The number of carbonyl (C=O) groups excluding carboxylic acids is 1. The van der Waals surface area contributed by atoms with Crippen molar-refractivity contribution in [3.8, 4) is 0 Å². The molecule has 2 rings (SSSR count). The van der Waals surface area contributed by atoms with Crippen molar-refractivity contribution in [1.29, 1.82) is 0 Å². The highest BCUT2D eigenvalue weighted by molar-refractivity contribution is 5.69. The number of hydrogen-bond donors (Lipinski definition) is 1.